The zero-order chi connectivity index (χ0) is 35.4. The first-order valence-electron chi connectivity index (χ1n) is 16.6. The van der Waals surface area contributed by atoms with E-state index in [1.165, 1.54) is 4.90 Å². The second-order valence-corrected chi connectivity index (χ2v) is 14.8. The summed E-state index contributed by atoms with van der Waals surface area (Å²) in [6.45, 7) is 12.9. The van der Waals surface area contributed by atoms with Crippen LogP contribution in [0.3, 0.4) is 0 Å². The van der Waals surface area contributed by atoms with E-state index in [1.54, 1.807) is 19.4 Å². The number of hydrogen-bond acceptors (Lipinski definition) is 8. The maximum Gasteiger partial charge on any atom is 0.315 e. The van der Waals surface area contributed by atoms with Crippen molar-refractivity contribution < 1.29 is 33.4 Å². The van der Waals surface area contributed by atoms with Crippen LogP contribution in [0.2, 0.25) is 0 Å². The first kappa shape index (κ1) is 36.4. The first-order chi connectivity index (χ1) is 22.5. The highest BCUT2D eigenvalue weighted by atomic mass is 16.5. The van der Waals surface area contributed by atoms with E-state index < -0.39 is 64.7 Å². The lowest BCUT2D eigenvalue weighted by molar-refractivity contribution is -0.144. The molecule has 1 saturated heterocycles. The number of Topliss-reactive ketones (excluding diaryl/α,β-unsaturated/α-hetero) is 1. The highest BCUT2D eigenvalue weighted by Gasteiger charge is 2.47. The second kappa shape index (κ2) is 14.8. The number of methoxy groups -OCH3 is 1. The van der Waals surface area contributed by atoms with Gasteiger partial charge in [-0.1, -0.05) is 34.1 Å². The van der Waals surface area contributed by atoms with Gasteiger partial charge in [0.1, 0.15) is 23.9 Å². The normalized spacial score (nSPS) is 19.2. The van der Waals surface area contributed by atoms with Gasteiger partial charge < -0.3 is 35.6 Å². The number of hydrogen-bond donors (Lipinski definition) is 4. The van der Waals surface area contributed by atoms with Crippen LogP contribution in [-0.4, -0.2) is 88.9 Å². The average molecular weight is 667 g/mol. The minimum atomic E-state index is -1.05. The van der Waals surface area contributed by atoms with Crippen LogP contribution in [0.5, 0.6) is 11.6 Å². The molecule has 0 radical (unpaired) electrons. The number of carbonyl (C=O) groups excluding carboxylic acids is 5. The summed E-state index contributed by atoms with van der Waals surface area (Å²) in [6, 6.07) is 3.68. The maximum absolute atomic E-state index is 14.4. The molecule has 5 amide bonds. The summed E-state index contributed by atoms with van der Waals surface area (Å²) in [7, 11) is 1.58. The molecule has 1 saturated carbocycles. The van der Waals surface area contributed by atoms with Crippen molar-refractivity contribution in [3.63, 3.8) is 0 Å². The predicted molar refractivity (Wildman–Crippen MR) is 181 cm³/mol. The Labute approximate surface area is 282 Å². The van der Waals surface area contributed by atoms with Gasteiger partial charge in [0.25, 0.3) is 5.91 Å². The van der Waals surface area contributed by atoms with Gasteiger partial charge in [-0.05, 0) is 75.1 Å². The Balaban J connectivity index is 1.63. The molecule has 2 heterocycles. The van der Waals surface area contributed by atoms with Crippen molar-refractivity contribution in [2.24, 2.45) is 5.41 Å². The Kier molecular flexibility index (Phi) is 11.2. The van der Waals surface area contributed by atoms with Crippen LogP contribution in [0.4, 0.5) is 4.79 Å². The number of carbonyl (C=O) groups is 5. The van der Waals surface area contributed by atoms with Crippen LogP contribution >= 0.6 is 0 Å². The van der Waals surface area contributed by atoms with Crippen molar-refractivity contribution in [3.8, 4) is 11.6 Å². The predicted octanol–water partition coefficient (Wildman–Crippen LogP) is 3.24. The monoisotopic (exact) mass is 666 g/mol. The lowest BCUT2D eigenvalue weighted by Gasteiger charge is -2.36. The van der Waals surface area contributed by atoms with Crippen molar-refractivity contribution >= 4 is 40.3 Å². The Hall–Kier alpha value is -4.42. The zero-order valence-corrected chi connectivity index (χ0v) is 29.3. The van der Waals surface area contributed by atoms with E-state index in [0.29, 0.717) is 18.1 Å². The summed E-state index contributed by atoms with van der Waals surface area (Å²) in [5.74, 6) is -1.49. The number of rotatable bonds is 12. The molecule has 0 spiro atoms. The fraction of sp³-hybridized carbons (Fsp3) is 0.600. The highest BCUT2D eigenvalue weighted by Crippen LogP contribution is 2.32. The van der Waals surface area contributed by atoms with Crippen molar-refractivity contribution in [1.82, 2.24) is 31.2 Å². The summed E-state index contributed by atoms with van der Waals surface area (Å²) < 4.78 is 11.7. The molecule has 2 aromatic rings. The third-order valence-electron chi connectivity index (χ3n) is 8.29. The molecule has 0 bridgehead atoms. The van der Waals surface area contributed by atoms with Gasteiger partial charge in [-0.25, -0.2) is 9.78 Å². The number of fused-ring (bicyclic) bond motifs is 1. The number of aromatic nitrogens is 1. The molecule has 4 atom stereocenters. The summed E-state index contributed by atoms with van der Waals surface area (Å²) in [4.78, 5) is 72.9. The lowest BCUT2D eigenvalue weighted by Crippen LogP contribution is -2.61. The van der Waals surface area contributed by atoms with Crippen molar-refractivity contribution in [1.29, 1.82) is 0 Å². The quantitative estimate of drug-likeness (QED) is 0.251. The molecule has 1 aliphatic carbocycles. The van der Waals surface area contributed by atoms with Gasteiger partial charge in [0.2, 0.25) is 23.5 Å². The Morgan fingerprint density at radius 2 is 1.73 bits per heavy atom. The number of pyridine rings is 1. The Morgan fingerprint density at radius 3 is 2.33 bits per heavy atom. The molecule has 2 fully saturated rings. The number of urea groups is 1. The van der Waals surface area contributed by atoms with Crippen LogP contribution in [0.1, 0.15) is 80.6 Å². The van der Waals surface area contributed by atoms with Gasteiger partial charge >= 0.3 is 6.03 Å². The van der Waals surface area contributed by atoms with Gasteiger partial charge in [0, 0.05) is 29.6 Å². The molecule has 1 aromatic heterocycles. The molecule has 13 heteroatoms. The van der Waals surface area contributed by atoms with Gasteiger partial charge in [0.15, 0.2) is 0 Å². The maximum atomic E-state index is 14.4. The third kappa shape index (κ3) is 9.35. The summed E-state index contributed by atoms with van der Waals surface area (Å²) in [5.41, 5.74) is -1.28. The molecule has 4 rings (SSSR count). The smallest absolute Gasteiger partial charge is 0.315 e. The number of ketones is 1. The van der Waals surface area contributed by atoms with E-state index in [1.807, 2.05) is 66.7 Å². The Morgan fingerprint density at radius 1 is 1.02 bits per heavy atom. The summed E-state index contributed by atoms with van der Waals surface area (Å²) in [5, 5.41) is 12.7. The van der Waals surface area contributed by atoms with E-state index in [4.69, 9.17) is 9.47 Å². The van der Waals surface area contributed by atoms with Crippen molar-refractivity contribution in [2.45, 2.75) is 116 Å². The molecule has 4 N–H and O–H groups in total. The van der Waals surface area contributed by atoms with E-state index >= 15 is 0 Å². The molecular formula is C35H50N6O7. The number of benzene rings is 1. The zero-order valence-electron chi connectivity index (χ0n) is 29.3. The SMILES string of the molecule is CCC[C@H](NC(=O)[C@@H]1CC(Oc2nccc3cc(OC)ccc23)CN1C(=O)[C@@H](NC(=O)NC(C)(C)C)C(C)(C)C)C(=O)C(=O)NC1CC1. The molecule has 1 aliphatic heterocycles. The van der Waals surface area contributed by atoms with Gasteiger partial charge in [-0.3, -0.25) is 19.2 Å². The number of amides is 5. The molecule has 1 aromatic carbocycles. The number of nitrogens with zero attached hydrogens (tertiary/aromatic N) is 2. The Bertz CT molecular complexity index is 1530. The van der Waals surface area contributed by atoms with Gasteiger partial charge in [-0.2, -0.15) is 0 Å². The molecule has 2 aliphatic rings. The van der Waals surface area contributed by atoms with Crippen LogP contribution in [0.25, 0.3) is 10.8 Å². The van der Waals surface area contributed by atoms with Crippen LogP contribution in [0.15, 0.2) is 30.5 Å². The molecule has 13 nitrogen and oxygen atoms in total. The minimum Gasteiger partial charge on any atom is -0.497 e. The topological polar surface area (TPSA) is 168 Å². The summed E-state index contributed by atoms with van der Waals surface area (Å²) >= 11 is 0. The fourth-order valence-electron chi connectivity index (χ4n) is 5.67. The van der Waals surface area contributed by atoms with E-state index in [0.717, 1.165) is 23.6 Å². The van der Waals surface area contributed by atoms with Crippen molar-refractivity contribution in [2.75, 3.05) is 13.7 Å². The molecular weight excluding hydrogens is 616 g/mol. The first-order valence-corrected chi connectivity index (χ1v) is 16.6. The van der Waals surface area contributed by atoms with Gasteiger partial charge in [0.05, 0.1) is 19.7 Å². The third-order valence-corrected chi connectivity index (χ3v) is 8.29. The molecule has 48 heavy (non-hydrogen) atoms. The van der Waals surface area contributed by atoms with E-state index in [9.17, 15) is 24.0 Å². The van der Waals surface area contributed by atoms with E-state index in [2.05, 4.69) is 26.3 Å². The standard InChI is InChI=1S/C35H50N6O7/c1-9-10-25(27(42)30(44)37-21-11-12-21)38-29(43)26-18-23(48-31-24-14-13-22(47-8)17-20(24)15-16-36-31)19-41(26)32(45)28(34(2,3)4)39-33(46)40-35(5,6)7/h13-17,21,23,25-26,28H,9-12,18-19H2,1-8H3,(H,37,44)(H,38,43)(H2,39,40,46)/t23?,25-,26-,28+/m0/s1. The van der Waals surface area contributed by atoms with Crippen LogP contribution in [0, 0.1) is 5.41 Å². The minimum absolute atomic E-state index is 0.0126. The number of ether oxygens (including phenoxy) is 2. The highest BCUT2D eigenvalue weighted by molar-refractivity contribution is 6.38. The fourth-order valence-corrected chi connectivity index (χ4v) is 5.67. The number of likely N-dealkylation sites (tertiary alicyclic amines) is 1. The van der Waals surface area contributed by atoms with Crippen LogP contribution < -0.4 is 30.7 Å². The van der Waals surface area contributed by atoms with Crippen LogP contribution in [-0.2, 0) is 19.2 Å². The van der Waals surface area contributed by atoms with E-state index in [-0.39, 0.29) is 25.4 Å². The lowest BCUT2D eigenvalue weighted by atomic mass is 9.85. The van der Waals surface area contributed by atoms with Gasteiger partial charge in [-0.15, -0.1) is 0 Å². The molecule has 1 unspecified atom stereocenters. The largest absolute Gasteiger partial charge is 0.497 e. The summed E-state index contributed by atoms with van der Waals surface area (Å²) in [6.07, 6.45) is 3.50. The molecule has 262 valence electrons. The second-order valence-electron chi connectivity index (χ2n) is 14.8. The number of nitrogens with one attached hydrogen (secondary N) is 4. The average Bonchev–Trinajstić information content (AvgIpc) is 3.72. The van der Waals surface area contributed by atoms with Crippen molar-refractivity contribution in [3.05, 3.63) is 30.5 Å².